The van der Waals surface area contributed by atoms with Gasteiger partial charge in [-0.25, -0.2) is 4.39 Å². The Labute approximate surface area is 156 Å². The second-order valence-electron chi connectivity index (χ2n) is 6.22. The van der Waals surface area contributed by atoms with E-state index in [9.17, 15) is 9.18 Å². The van der Waals surface area contributed by atoms with E-state index in [-0.39, 0.29) is 11.4 Å². The van der Waals surface area contributed by atoms with Gasteiger partial charge in [-0.2, -0.15) is 0 Å². The summed E-state index contributed by atoms with van der Waals surface area (Å²) in [5.74, 6) is -0.367. The standard InChI is InChI=1S/C20H20FN3OS/c1-12-7-8-13(2)18-15(12)11-14(19(25)24-18)9-10-22-20(26)23-17-6-4-3-5-16(17)21/h3-8,11H,9-10H2,1-2H3,(H,24,25)(H2,22,23,26). The summed E-state index contributed by atoms with van der Waals surface area (Å²) in [6, 6.07) is 12.3. The van der Waals surface area contributed by atoms with Crippen molar-refractivity contribution >= 4 is 33.9 Å². The van der Waals surface area contributed by atoms with Crippen LogP contribution in [-0.4, -0.2) is 16.6 Å². The summed E-state index contributed by atoms with van der Waals surface area (Å²) in [5, 5.41) is 7.19. The van der Waals surface area contributed by atoms with Crippen LogP contribution in [0.15, 0.2) is 47.3 Å². The van der Waals surface area contributed by atoms with Crippen molar-refractivity contribution in [2.75, 3.05) is 11.9 Å². The number of thiocarbonyl (C=S) groups is 1. The second-order valence-corrected chi connectivity index (χ2v) is 6.63. The molecule has 0 spiro atoms. The molecule has 0 saturated heterocycles. The summed E-state index contributed by atoms with van der Waals surface area (Å²) in [7, 11) is 0. The van der Waals surface area contributed by atoms with Crippen LogP contribution in [0.1, 0.15) is 16.7 Å². The number of anilines is 1. The van der Waals surface area contributed by atoms with Crippen molar-refractivity contribution in [2.24, 2.45) is 0 Å². The number of para-hydroxylation sites is 1. The van der Waals surface area contributed by atoms with Crippen molar-refractivity contribution in [2.45, 2.75) is 20.3 Å². The van der Waals surface area contributed by atoms with E-state index in [0.717, 1.165) is 22.0 Å². The lowest BCUT2D eigenvalue weighted by Crippen LogP contribution is -2.31. The fourth-order valence-corrected chi connectivity index (χ4v) is 3.06. The quantitative estimate of drug-likeness (QED) is 0.612. The molecule has 0 radical (unpaired) electrons. The summed E-state index contributed by atoms with van der Waals surface area (Å²) in [6.07, 6.45) is 0.512. The summed E-state index contributed by atoms with van der Waals surface area (Å²) in [5.41, 5.74) is 3.95. The molecule has 0 aliphatic heterocycles. The summed E-state index contributed by atoms with van der Waals surface area (Å²) in [6.45, 7) is 4.47. The van der Waals surface area contributed by atoms with Crippen LogP contribution in [0.25, 0.3) is 10.9 Å². The van der Waals surface area contributed by atoms with Crippen molar-refractivity contribution in [1.29, 1.82) is 0 Å². The molecule has 0 saturated carbocycles. The Morgan fingerprint density at radius 2 is 1.88 bits per heavy atom. The number of hydrogen-bond acceptors (Lipinski definition) is 2. The van der Waals surface area contributed by atoms with Crippen molar-refractivity contribution in [3.05, 3.63) is 75.3 Å². The van der Waals surface area contributed by atoms with Gasteiger partial charge in [0.15, 0.2) is 5.11 Å². The van der Waals surface area contributed by atoms with E-state index >= 15 is 0 Å². The number of nitrogens with one attached hydrogen (secondary N) is 3. The number of aryl methyl sites for hydroxylation is 2. The Bertz CT molecular complexity index is 1030. The first-order valence-electron chi connectivity index (χ1n) is 8.37. The molecule has 0 fully saturated rings. The fourth-order valence-electron chi connectivity index (χ4n) is 2.84. The number of aromatic amines is 1. The lowest BCUT2D eigenvalue weighted by molar-refractivity contribution is 0.632. The Hall–Kier alpha value is -2.73. The largest absolute Gasteiger partial charge is 0.362 e. The van der Waals surface area contributed by atoms with Gasteiger partial charge >= 0.3 is 0 Å². The first-order chi connectivity index (χ1) is 12.5. The predicted octanol–water partition coefficient (Wildman–Crippen LogP) is 3.81. The molecular weight excluding hydrogens is 349 g/mol. The number of benzene rings is 2. The van der Waals surface area contributed by atoms with Crippen molar-refractivity contribution < 1.29 is 4.39 Å². The molecule has 0 atom stereocenters. The zero-order valence-electron chi connectivity index (χ0n) is 14.7. The minimum Gasteiger partial charge on any atom is -0.362 e. The molecule has 3 aromatic rings. The lowest BCUT2D eigenvalue weighted by atomic mass is 10.0. The van der Waals surface area contributed by atoms with Crippen molar-refractivity contribution in [3.63, 3.8) is 0 Å². The van der Waals surface area contributed by atoms with E-state index in [1.807, 2.05) is 32.0 Å². The van der Waals surface area contributed by atoms with Gasteiger partial charge in [-0.15, -0.1) is 0 Å². The van der Waals surface area contributed by atoms with E-state index in [0.29, 0.717) is 29.3 Å². The molecule has 0 bridgehead atoms. The molecule has 0 aliphatic carbocycles. The SMILES string of the molecule is Cc1ccc(C)c2[nH]c(=O)c(CCNC(=S)Nc3ccccc3F)cc12. The van der Waals surface area contributed by atoms with Crippen LogP contribution < -0.4 is 16.2 Å². The molecule has 3 N–H and O–H groups in total. The van der Waals surface area contributed by atoms with Gasteiger partial charge in [-0.05, 0) is 61.8 Å². The second kappa shape index (κ2) is 7.66. The number of rotatable bonds is 4. The first-order valence-corrected chi connectivity index (χ1v) is 8.78. The molecular formula is C20H20FN3OS. The summed E-state index contributed by atoms with van der Waals surface area (Å²) in [4.78, 5) is 15.3. The third-order valence-corrected chi connectivity index (χ3v) is 4.57. The topological polar surface area (TPSA) is 56.9 Å². The molecule has 2 aromatic carbocycles. The van der Waals surface area contributed by atoms with Gasteiger partial charge in [0.25, 0.3) is 5.56 Å². The van der Waals surface area contributed by atoms with Gasteiger partial charge in [0.2, 0.25) is 0 Å². The predicted molar refractivity (Wildman–Crippen MR) is 108 cm³/mol. The van der Waals surface area contributed by atoms with Crippen LogP contribution in [0.3, 0.4) is 0 Å². The Kier molecular flexibility index (Phi) is 5.32. The molecule has 134 valence electrons. The highest BCUT2D eigenvalue weighted by Crippen LogP contribution is 2.19. The average molecular weight is 369 g/mol. The van der Waals surface area contributed by atoms with Crippen LogP contribution in [0.4, 0.5) is 10.1 Å². The maximum absolute atomic E-state index is 13.6. The number of aromatic nitrogens is 1. The van der Waals surface area contributed by atoms with E-state index in [2.05, 4.69) is 15.6 Å². The van der Waals surface area contributed by atoms with Crippen molar-refractivity contribution in [1.82, 2.24) is 10.3 Å². The normalized spacial score (nSPS) is 10.7. The molecule has 0 unspecified atom stereocenters. The van der Waals surface area contributed by atoms with Gasteiger partial charge < -0.3 is 15.6 Å². The lowest BCUT2D eigenvalue weighted by Gasteiger charge is -2.12. The van der Waals surface area contributed by atoms with Gasteiger partial charge in [-0.1, -0.05) is 24.3 Å². The molecule has 6 heteroatoms. The van der Waals surface area contributed by atoms with Gasteiger partial charge in [0, 0.05) is 17.5 Å². The first kappa shape index (κ1) is 18.1. The zero-order valence-corrected chi connectivity index (χ0v) is 15.5. The molecule has 1 aromatic heterocycles. The summed E-state index contributed by atoms with van der Waals surface area (Å²) < 4.78 is 13.6. The molecule has 1 heterocycles. The highest BCUT2D eigenvalue weighted by molar-refractivity contribution is 7.80. The highest BCUT2D eigenvalue weighted by Gasteiger charge is 2.08. The van der Waals surface area contributed by atoms with Crippen molar-refractivity contribution in [3.8, 4) is 0 Å². The van der Waals surface area contributed by atoms with E-state index in [4.69, 9.17) is 12.2 Å². The monoisotopic (exact) mass is 369 g/mol. The Morgan fingerprint density at radius 3 is 2.65 bits per heavy atom. The number of fused-ring (bicyclic) bond motifs is 1. The number of halogens is 1. The Morgan fingerprint density at radius 1 is 1.15 bits per heavy atom. The van der Waals surface area contributed by atoms with E-state index in [1.165, 1.54) is 6.07 Å². The number of pyridine rings is 1. The van der Waals surface area contributed by atoms with Gasteiger partial charge in [0.1, 0.15) is 5.82 Å². The average Bonchev–Trinajstić information content (AvgIpc) is 2.61. The van der Waals surface area contributed by atoms with Crippen LogP contribution in [0, 0.1) is 19.7 Å². The van der Waals surface area contributed by atoms with Gasteiger partial charge in [-0.3, -0.25) is 4.79 Å². The summed E-state index contributed by atoms with van der Waals surface area (Å²) >= 11 is 5.18. The van der Waals surface area contributed by atoms with E-state index < -0.39 is 0 Å². The maximum atomic E-state index is 13.6. The number of hydrogen-bond donors (Lipinski definition) is 3. The maximum Gasteiger partial charge on any atom is 0.251 e. The van der Waals surface area contributed by atoms with Crippen LogP contribution in [0.5, 0.6) is 0 Å². The van der Waals surface area contributed by atoms with E-state index in [1.54, 1.807) is 18.2 Å². The zero-order chi connectivity index (χ0) is 18.7. The number of H-pyrrole nitrogens is 1. The Balaban J connectivity index is 1.67. The fraction of sp³-hybridized carbons (Fsp3) is 0.200. The molecule has 0 amide bonds. The molecule has 26 heavy (non-hydrogen) atoms. The molecule has 0 aliphatic rings. The highest BCUT2D eigenvalue weighted by atomic mass is 32.1. The third kappa shape index (κ3) is 3.91. The third-order valence-electron chi connectivity index (χ3n) is 4.32. The molecule has 4 nitrogen and oxygen atoms in total. The minimum atomic E-state index is -0.367. The smallest absolute Gasteiger partial charge is 0.251 e. The van der Waals surface area contributed by atoms with Crippen LogP contribution in [-0.2, 0) is 6.42 Å². The molecule has 3 rings (SSSR count). The van der Waals surface area contributed by atoms with Crippen LogP contribution >= 0.6 is 12.2 Å². The minimum absolute atomic E-state index is 0.0963. The van der Waals surface area contributed by atoms with Crippen LogP contribution in [0.2, 0.25) is 0 Å². The van der Waals surface area contributed by atoms with Gasteiger partial charge in [0.05, 0.1) is 11.2 Å².